The molecule has 0 saturated heterocycles. The second-order valence-electron chi connectivity index (χ2n) is 4.85. The molecule has 1 heterocycles. The number of hydrogen-bond acceptors (Lipinski definition) is 3. The fourth-order valence-corrected chi connectivity index (χ4v) is 1.87. The summed E-state index contributed by atoms with van der Waals surface area (Å²) in [6.07, 6.45) is 1.56. The number of aryl methyl sites for hydroxylation is 1. The highest BCUT2D eigenvalue weighted by Gasteiger charge is 2.13. The number of aromatic nitrogens is 1. The molecule has 1 aromatic carbocycles. The van der Waals surface area contributed by atoms with E-state index in [4.69, 9.17) is 0 Å². The van der Waals surface area contributed by atoms with Crippen LogP contribution in [0.15, 0.2) is 36.5 Å². The lowest BCUT2D eigenvalue weighted by atomic mass is 10.2. The summed E-state index contributed by atoms with van der Waals surface area (Å²) in [7, 11) is 0. The van der Waals surface area contributed by atoms with Gasteiger partial charge in [0, 0.05) is 25.2 Å². The highest BCUT2D eigenvalue weighted by atomic mass is 19.1. The first kappa shape index (κ1) is 16.5. The predicted molar refractivity (Wildman–Crippen MR) is 80.9 cm³/mol. The van der Waals surface area contributed by atoms with Gasteiger partial charge in [0.1, 0.15) is 17.5 Å². The molecule has 0 radical (unpaired) electrons. The fraction of sp³-hybridized carbons (Fsp3) is 0.188. The first-order valence-electron chi connectivity index (χ1n) is 6.92. The van der Waals surface area contributed by atoms with Crippen LogP contribution in [0.25, 0.3) is 0 Å². The Hall–Kier alpha value is -2.83. The Morgan fingerprint density at radius 1 is 1.22 bits per heavy atom. The number of benzene rings is 1. The van der Waals surface area contributed by atoms with E-state index in [1.165, 1.54) is 0 Å². The minimum absolute atomic E-state index is 0.00453. The third kappa shape index (κ3) is 4.57. The molecular formula is C16H15F2N3O2. The van der Waals surface area contributed by atoms with E-state index in [1.54, 1.807) is 12.3 Å². The molecule has 7 heteroatoms. The third-order valence-electron chi connectivity index (χ3n) is 3.08. The molecule has 0 bridgehead atoms. The molecule has 0 aliphatic rings. The van der Waals surface area contributed by atoms with Gasteiger partial charge in [-0.3, -0.25) is 9.59 Å². The zero-order valence-electron chi connectivity index (χ0n) is 12.4. The number of hydrogen-bond donors (Lipinski definition) is 2. The molecule has 120 valence electrons. The second kappa shape index (κ2) is 7.44. The summed E-state index contributed by atoms with van der Waals surface area (Å²) in [5.41, 5.74) is 0.547. The fourth-order valence-electron chi connectivity index (χ4n) is 1.87. The van der Waals surface area contributed by atoms with Gasteiger partial charge in [0.2, 0.25) is 5.91 Å². The van der Waals surface area contributed by atoms with E-state index in [0.717, 1.165) is 17.7 Å². The van der Waals surface area contributed by atoms with Gasteiger partial charge in [0.15, 0.2) is 0 Å². The molecule has 5 nitrogen and oxygen atoms in total. The van der Waals surface area contributed by atoms with Crippen LogP contribution in [-0.4, -0.2) is 23.3 Å². The Labute approximate surface area is 131 Å². The number of carbonyl (C=O) groups is 2. The third-order valence-corrected chi connectivity index (χ3v) is 3.08. The summed E-state index contributed by atoms with van der Waals surface area (Å²) in [5.74, 6) is -2.29. The van der Waals surface area contributed by atoms with Crippen LogP contribution in [-0.2, 0) is 4.79 Å². The predicted octanol–water partition coefficient (Wildman–Crippen LogP) is 2.43. The number of anilines is 1. The van der Waals surface area contributed by atoms with E-state index in [9.17, 15) is 18.4 Å². The molecule has 0 fully saturated rings. The van der Waals surface area contributed by atoms with Crippen LogP contribution in [0.3, 0.4) is 0 Å². The standard InChI is InChI=1S/C16H15F2N3O2/c1-10-3-2-7-19-15(10)21-14(22)6-8-20-16(23)12-5-4-11(17)9-13(12)18/h2-5,7,9H,6,8H2,1H3,(H,20,23)(H,19,21,22). The SMILES string of the molecule is Cc1cccnc1NC(=O)CCNC(=O)c1ccc(F)cc1F. The van der Waals surface area contributed by atoms with Crippen molar-refractivity contribution in [1.82, 2.24) is 10.3 Å². The molecule has 0 saturated carbocycles. The van der Waals surface area contributed by atoms with Crippen LogP contribution in [0.4, 0.5) is 14.6 Å². The zero-order valence-corrected chi connectivity index (χ0v) is 12.4. The van der Waals surface area contributed by atoms with Gasteiger partial charge in [0.05, 0.1) is 5.56 Å². The van der Waals surface area contributed by atoms with Gasteiger partial charge in [-0.25, -0.2) is 13.8 Å². The average Bonchev–Trinajstić information content (AvgIpc) is 2.49. The zero-order chi connectivity index (χ0) is 16.8. The maximum atomic E-state index is 13.4. The van der Waals surface area contributed by atoms with Crippen LogP contribution < -0.4 is 10.6 Å². The molecule has 2 N–H and O–H groups in total. The van der Waals surface area contributed by atoms with Gasteiger partial charge < -0.3 is 10.6 Å². The van der Waals surface area contributed by atoms with Crippen molar-refractivity contribution >= 4 is 17.6 Å². The summed E-state index contributed by atoms with van der Waals surface area (Å²) in [5, 5.41) is 5.03. The summed E-state index contributed by atoms with van der Waals surface area (Å²) in [6, 6.07) is 6.24. The van der Waals surface area contributed by atoms with Crippen LogP contribution in [0.2, 0.25) is 0 Å². The topological polar surface area (TPSA) is 71.1 Å². The molecular weight excluding hydrogens is 304 g/mol. The number of halogens is 2. The highest BCUT2D eigenvalue weighted by molar-refractivity contribution is 5.95. The molecule has 2 amide bonds. The van der Waals surface area contributed by atoms with Crippen LogP contribution >= 0.6 is 0 Å². The van der Waals surface area contributed by atoms with E-state index in [-0.39, 0.29) is 24.4 Å². The van der Waals surface area contributed by atoms with Crippen molar-refractivity contribution in [2.24, 2.45) is 0 Å². The molecule has 2 aromatic rings. The molecule has 0 atom stereocenters. The van der Waals surface area contributed by atoms with Gasteiger partial charge in [-0.1, -0.05) is 6.07 Å². The first-order chi connectivity index (χ1) is 11.0. The number of nitrogens with zero attached hydrogens (tertiary/aromatic N) is 1. The van der Waals surface area contributed by atoms with Crippen molar-refractivity contribution in [1.29, 1.82) is 0 Å². The van der Waals surface area contributed by atoms with E-state index in [1.807, 2.05) is 13.0 Å². The van der Waals surface area contributed by atoms with Crippen LogP contribution in [0, 0.1) is 18.6 Å². The van der Waals surface area contributed by atoms with E-state index < -0.39 is 17.5 Å². The lowest BCUT2D eigenvalue weighted by Gasteiger charge is -2.08. The Bertz CT molecular complexity index is 735. The molecule has 0 aliphatic carbocycles. The Morgan fingerprint density at radius 3 is 2.70 bits per heavy atom. The molecule has 0 unspecified atom stereocenters. The van der Waals surface area contributed by atoms with Gasteiger partial charge >= 0.3 is 0 Å². The van der Waals surface area contributed by atoms with Crippen molar-refractivity contribution in [2.45, 2.75) is 13.3 Å². The number of rotatable bonds is 5. The van der Waals surface area contributed by atoms with Crippen LogP contribution in [0.1, 0.15) is 22.3 Å². The van der Waals surface area contributed by atoms with E-state index >= 15 is 0 Å². The monoisotopic (exact) mass is 319 g/mol. The van der Waals surface area contributed by atoms with Crippen molar-refractivity contribution in [3.05, 3.63) is 59.3 Å². The smallest absolute Gasteiger partial charge is 0.254 e. The molecule has 0 aliphatic heterocycles. The van der Waals surface area contributed by atoms with Crippen molar-refractivity contribution in [3.63, 3.8) is 0 Å². The Kier molecular flexibility index (Phi) is 5.35. The van der Waals surface area contributed by atoms with Gasteiger partial charge in [-0.15, -0.1) is 0 Å². The lowest BCUT2D eigenvalue weighted by Crippen LogP contribution is -2.28. The summed E-state index contributed by atoms with van der Waals surface area (Å²) >= 11 is 0. The average molecular weight is 319 g/mol. The Balaban J connectivity index is 1.83. The first-order valence-corrected chi connectivity index (χ1v) is 6.92. The van der Waals surface area contributed by atoms with Crippen molar-refractivity contribution in [3.8, 4) is 0 Å². The maximum Gasteiger partial charge on any atom is 0.254 e. The number of carbonyl (C=O) groups excluding carboxylic acids is 2. The normalized spacial score (nSPS) is 10.2. The minimum Gasteiger partial charge on any atom is -0.351 e. The Morgan fingerprint density at radius 2 is 2.00 bits per heavy atom. The number of amides is 2. The van der Waals surface area contributed by atoms with E-state index in [2.05, 4.69) is 15.6 Å². The quantitative estimate of drug-likeness (QED) is 0.889. The molecule has 0 spiro atoms. The summed E-state index contributed by atoms with van der Waals surface area (Å²) < 4.78 is 26.2. The van der Waals surface area contributed by atoms with Crippen molar-refractivity contribution < 1.29 is 18.4 Å². The molecule has 2 rings (SSSR count). The molecule has 1 aromatic heterocycles. The van der Waals surface area contributed by atoms with Gasteiger partial charge in [-0.05, 0) is 30.7 Å². The number of pyridine rings is 1. The lowest BCUT2D eigenvalue weighted by molar-refractivity contribution is -0.116. The minimum atomic E-state index is -0.948. The van der Waals surface area contributed by atoms with E-state index in [0.29, 0.717) is 11.9 Å². The highest BCUT2D eigenvalue weighted by Crippen LogP contribution is 2.10. The van der Waals surface area contributed by atoms with Crippen molar-refractivity contribution in [2.75, 3.05) is 11.9 Å². The van der Waals surface area contributed by atoms with Gasteiger partial charge in [-0.2, -0.15) is 0 Å². The number of nitrogens with one attached hydrogen (secondary N) is 2. The molecule has 23 heavy (non-hydrogen) atoms. The van der Waals surface area contributed by atoms with Crippen LogP contribution in [0.5, 0.6) is 0 Å². The van der Waals surface area contributed by atoms with Gasteiger partial charge in [0.25, 0.3) is 5.91 Å². The summed E-state index contributed by atoms with van der Waals surface area (Å²) in [4.78, 5) is 27.5. The summed E-state index contributed by atoms with van der Waals surface area (Å²) in [6.45, 7) is 1.83. The maximum absolute atomic E-state index is 13.4. The second-order valence-corrected chi connectivity index (χ2v) is 4.85. The largest absolute Gasteiger partial charge is 0.351 e.